The highest BCUT2D eigenvalue weighted by atomic mass is 16.5. The van der Waals surface area contributed by atoms with Crippen LogP contribution in [0.1, 0.15) is 18.7 Å². The number of aromatic nitrogens is 2. The number of aliphatic carboxylic acids is 1. The fourth-order valence-corrected chi connectivity index (χ4v) is 2.05. The third-order valence-electron chi connectivity index (χ3n) is 3.16. The second-order valence-corrected chi connectivity index (χ2v) is 4.58. The first kappa shape index (κ1) is 12.8. The van der Waals surface area contributed by atoms with Gasteiger partial charge in [-0.3, -0.25) is 4.79 Å². The van der Waals surface area contributed by atoms with E-state index in [1.54, 1.807) is 19.2 Å². The molecule has 6 nitrogen and oxygen atoms in total. The van der Waals surface area contributed by atoms with Gasteiger partial charge in [0.2, 0.25) is 0 Å². The maximum atomic E-state index is 11.4. The van der Waals surface area contributed by atoms with Gasteiger partial charge >= 0.3 is 5.97 Å². The maximum absolute atomic E-state index is 11.4. The molecule has 1 aromatic rings. The summed E-state index contributed by atoms with van der Waals surface area (Å²) in [5.41, 5.74) is -0.850. The summed E-state index contributed by atoms with van der Waals surface area (Å²) in [6, 6.07) is 1.73. The average Bonchev–Trinajstić information content (AvgIpc) is 2.37. The molecule has 0 spiro atoms. The van der Waals surface area contributed by atoms with E-state index in [1.807, 2.05) is 0 Å². The molecule has 1 unspecified atom stereocenters. The van der Waals surface area contributed by atoms with E-state index in [4.69, 9.17) is 4.74 Å². The number of carboxylic acids is 1. The molecule has 98 valence electrons. The number of ether oxygens (including phenoxy) is 1. The first-order valence-electron chi connectivity index (χ1n) is 5.97. The molecule has 2 N–H and O–H groups in total. The van der Waals surface area contributed by atoms with Gasteiger partial charge in [-0.1, -0.05) is 0 Å². The van der Waals surface area contributed by atoms with E-state index in [0.717, 1.165) is 6.42 Å². The Balaban J connectivity index is 2.04. The molecule has 1 aliphatic rings. The highest BCUT2D eigenvalue weighted by Gasteiger charge is 2.40. The minimum Gasteiger partial charge on any atom is -0.481 e. The summed E-state index contributed by atoms with van der Waals surface area (Å²) in [5.74, 6) is 0.485. The predicted molar refractivity (Wildman–Crippen MR) is 65.4 cm³/mol. The molecular weight excluding hydrogens is 234 g/mol. The SMILES string of the molecule is Cc1nccc(NCC2(C(=O)O)CCCOC2)n1. The van der Waals surface area contributed by atoms with Crippen LogP contribution in [-0.2, 0) is 9.53 Å². The fraction of sp³-hybridized carbons (Fsp3) is 0.583. The molecule has 0 amide bonds. The number of nitrogens with zero attached hydrogens (tertiary/aromatic N) is 2. The van der Waals surface area contributed by atoms with Gasteiger partial charge in [0.15, 0.2) is 0 Å². The number of anilines is 1. The third kappa shape index (κ3) is 2.76. The molecule has 2 heterocycles. The van der Waals surface area contributed by atoms with Gasteiger partial charge < -0.3 is 15.2 Å². The second kappa shape index (κ2) is 5.30. The monoisotopic (exact) mass is 251 g/mol. The van der Waals surface area contributed by atoms with Gasteiger partial charge in [-0.05, 0) is 25.8 Å². The second-order valence-electron chi connectivity index (χ2n) is 4.58. The smallest absolute Gasteiger partial charge is 0.313 e. The van der Waals surface area contributed by atoms with E-state index < -0.39 is 11.4 Å². The largest absolute Gasteiger partial charge is 0.481 e. The standard InChI is InChI=1S/C12H17N3O3/c1-9-13-5-3-10(15-9)14-7-12(11(16)17)4-2-6-18-8-12/h3,5H,2,4,6-8H2,1H3,(H,16,17)(H,13,14,15). The number of aryl methyl sites for hydroxylation is 1. The molecule has 1 fully saturated rings. The molecule has 1 aliphatic heterocycles. The number of hydrogen-bond acceptors (Lipinski definition) is 5. The van der Waals surface area contributed by atoms with Crippen LogP contribution in [0.3, 0.4) is 0 Å². The summed E-state index contributed by atoms with van der Waals surface area (Å²) in [7, 11) is 0. The number of hydrogen-bond donors (Lipinski definition) is 2. The molecule has 0 bridgehead atoms. The average molecular weight is 251 g/mol. The molecule has 2 rings (SSSR count). The molecule has 0 saturated carbocycles. The maximum Gasteiger partial charge on any atom is 0.313 e. The first-order chi connectivity index (χ1) is 8.62. The van der Waals surface area contributed by atoms with E-state index in [0.29, 0.717) is 31.2 Å². The lowest BCUT2D eigenvalue weighted by Gasteiger charge is -2.33. The molecule has 1 saturated heterocycles. The lowest BCUT2D eigenvalue weighted by atomic mass is 9.82. The normalized spacial score (nSPS) is 23.6. The van der Waals surface area contributed by atoms with Crippen molar-refractivity contribution in [1.29, 1.82) is 0 Å². The predicted octanol–water partition coefficient (Wildman–Crippen LogP) is 1.08. The van der Waals surface area contributed by atoms with Gasteiger partial charge in [-0.15, -0.1) is 0 Å². The first-order valence-corrected chi connectivity index (χ1v) is 5.97. The summed E-state index contributed by atoms with van der Waals surface area (Å²) < 4.78 is 5.31. The van der Waals surface area contributed by atoms with Gasteiger partial charge in [-0.2, -0.15) is 0 Å². The lowest BCUT2D eigenvalue weighted by Crippen LogP contribution is -2.44. The summed E-state index contributed by atoms with van der Waals surface area (Å²) in [6.07, 6.45) is 3.05. The summed E-state index contributed by atoms with van der Waals surface area (Å²) in [6.45, 7) is 3.00. The molecule has 0 aliphatic carbocycles. The summed E-state index contributed by atoms with van der Waals surface area (Å²) in [5, 5.41) is 12.4. The van der Waals surface area contributed by atoms with Crippen molar-refractivity contribution in [3.05, 3.63) is 18.1 Å². The van der Waals surface area contributed by atoms with Crippen molar-refractivity contribution in [2.75, 3.05) is 25.1 Å². The Morgan fingerprint density at radius 2 is 2.50 bits per heavy atom. The zero-order chi connectivity index (χ0) is 13.0. The molecule has 0 aromatic carbocycles. The molecular formula is C12H17N3O3. The van der Waals surface area contributed by atoms with Crippen LogP contribution >= 0.6 is 0 Å². The van der Waals surface area contributed by atoms with Crippen LogP contribution in [-0.4, -0.2) is 40.8 Å². The number of carboxylic acid groups (broad SMARTS) is 1. The van der Waals surface area contributed by atoms with E-state index in [9.17, 15) is 9.90 Å². The van der Waals surface area contributed by atoms with Crippen LogP contribution in [0.5, 0.6) is 0 Å². The Morgan fingerprint density at radius 3 is 3.11 bits per heavy atom. The lowest BCUT2D eigenvalue weighted by molar-refractivity contribution is -0.155. The Bertz CT molecular complexity index is 430. The minimum absolute atomic E-state index is 0.249. The van der Waals surface area contributed by atoms with Crippen LogP contribution in [0, 0.1) is 12.3 Å². The van der Waals surface area contributed by atoms with E-state index in [-0.39, 0.29) is 6.61 Å². The van der Waals surface area contributed by atoms with Crippen molar-refractivity contribution in [3.8, 4) is 0 Å². The zero-order valence-electron chi connectivity index (χ0n) is 10.3. The Kier molecular flexibility index (Phi) is 3.76. The number of carbonyl (C=O) groups is 1. The van der Waals surface area contributed by atoms with Crippen LogP contribution in [0.4, 0.5) is 5.82 Å². The Labute approximate surface area is 105 Å². The summed E-state index contributed by atoms with van der Waals surface area (Å²) >= 11 is 0. The van der Waals surface area contributed by atoms with Crippen LogP contribution < -0.4 is 5.32 Å². The number of nitrogens with one attached hydrogen (secondary N) is 1. The van der Waals surface area contributed by atoms with Gasteiger partial charge in [-0.25, -0.2) is 9.97 Å². The third-order valence-corrected chi connectivity index (χ3v) is 3.16. The minimum atomic E-state index is -0.850. The molecule has 18 heavy (non-hydrogen) atoms. The van der Waals surface area contributed by atoms with E-state index in [2.05, 4.69) is 15.3 Å². The Morgan fingerprint density at radius 1 is 1.67 bits per heavy atom. The van der Waals surface area contributed by atoms with Crippen LogP contribution in [0.2, 0.25) is 0 Å². The highest BCUT2D eigenvalue weighted by Crippen LogP contribution is 2.29. The van der Waals surface area contributed by atoms with E-state index in [1.165, 1.54) is 0 Å². The summed E-state index contributed by atoms with van der Waals surface area (Å²) in [4.78, 5) is 19.6. The molecule has 1 aromatic heterocycles. The van der Waals surface area contributed by atoms with Gasteiger partial charge in [0.05, 0.1) is 6.61 Å². The molecule has 1 atom stereocenters. The van der Waals surface area contributed by atoms with Gasteiger partial charge in [0, 0.05) is 19.3 Å². The van der Waals surface area contributed by atoms with Crippen molar-refractivity contribution in [2.24, 2.45) is 5.41 Å². The van der Waals surface area contributed by atoms with Crippen molar-refractivity contribution in [2.45, 2.75) is 19.8 Å². The van der Waals surface area contributed by atoms with Crippen LogP contribution in [0.15, 0.2) is 12.3 Å². The number of rotatable bonds is 4. The highest BCUT2D eigenvalue weighted by molar-refractivity contribution is 5.75. The fourth-order valence-electron chi connectivity index (χ4n) is 2.05. The topological polar surface area (TPSA) is 84.3 Å². The molecule has 0 radical (unpaired) electrons. The van der Waals surface area contributed by atoms with E-state index >= 15 is 0 Å². The quantitative estimate of drug-likeness (QED) is 0.833. The van der Waals surface area contributed by atoms with Crippen LogP contribution in [0.25, 0.3) is 0 Å². The van der Waals surface area contributed by atoms with Gasteiger partial charge in [0.1, 0.15) is 17.1 Å². The van der Waals surface area contributed by atoms with Crippen molar-refractivity contribution in [3.63, 3.8) is 0 Å². The van der Waals surface area contributed by atoms with Crippen molar-refractivity contribution in [1.82, 2.24) is 9.97 Å². The molecule has 6 heteroatoms. The van der Waals surface area contributed by atoms with Crippen molar-refractivity contribution < 1.29 is 14.6 Å². The van der Waals surface area contributed by atoms with Crippen molar-refractivity contribution >= 4 is 11.8 Å². The Hall–Kier alpha value is -1.69. The van der Waals surface area contributed by atoms with Gasteiger partial charge in [0.25, 0.3) is 0 Å². The zero-order valence-corrected chi connectivity index (χ0v) is 10.3.